The van der Waals surface area contributed by atoms with E-state index in [9.17, 15) is 24.7 Å². The fraction of sp³-hybridized carbons (Fsp3) is 0.857. The minimum atomic E-state index is -4.85. The summed E-state index contributed by atoms with van der Waals surface area (Å²) in [6.07, 6.45) is -5.65. The molecule has 11 heteroatoms. The second-order valence-corrected chi connectivity index (χ2v) is 5.03. The van der Waals surface area contributed by atoms with Gasteiger partial charge < -0.3 is 34.9 Å². The minimum Gasteiger partial charge on any atom is -0.477 e. The van der Waals surface area contributed by atoms with Crippen molar-refractivity contribution in [1.29, 1.82) is 0 Å². The quantitative estimate of drug-likeness (QED) is 0.300. The van der Waals surface area contributed by atoms with Gasteiger partial charge in [-0.15, -0.1) is 0 Å². The fourth-order valence-electron chi connectivity index (χ4n) is 1.46. The summed E-state index contributed by atoms with van der Waals surface area (Å²) in [5.74, 6) is -4.55. The summed E-state index contributed by atoms with van der Waals surface area (Å²) in [6.45, 7) is -0.891. The summed E-state index contributed by atoms with van der Waals surface area (Å²) in [6, 6.07) is 0. The lowest BCUT2D eigenvalue weighted by molar-refractivity contribution is -0.297. The van der Waals surface area contributed by atoms with Crippen molar-refractivity contribution in [3.8, 4) is 0 Å². The molecule has 6 N–H and O–H groups in total. The van der Waals surface area contributed by atoms with Crippen LogP contribution in [0, 0.1) is 0 Å². The molecule has 1 unspecified atom stereocenters. The number of phosphoric ester groups is 1. The normalized spacial score (nSPS) is 37.5. The van der Waals surface area contributed by atoms with Gasteiger partial charge >= 0.3 is 13.8 Å². The predicted octanol–water partition coefficient (Wildman–Crippen LogP) is -2.62. The van der Waals surface area contributed by atoms with Crippen molar-refractivity contribution in [1.82, 2.24) is 0 Å². The number of carbonyl (C=O) groups is 1. The Bertz CT molecular complexity index is 365. The summed E-state index contributed by atoms with van der Waals surface area (Å²) < 4.78 is 19.1. The summed E-state index contributed by atoms with van der Waals surface area (Å²) in [4.78, 5) is 27.6. The Kier molecular flexibility index (Phi) is 4.47. The van der Waals surface area contributed by atoms with E-state index in [-0.39, 0.29) is 0 Å². The standard InChI is InChI=1S/C7H13O10P/c8-3-1-7(12,6(10)11)17-4(5(3)9)2-16-18(13,14)15/h3-5,8-9,12H,1-2H2,(H,10,11)(H2,13,14,15)/t3-,4-,5-,7?/m1/s1. The van der Waals surface area contributed by atoms with Gasteiger partial charge in [-0.25, -0.2) is 9.36 Å². The molecule has 10 nitrogen and oxygen atoms in total. The fourth-order valence-corrected chi connectivity index (χ4v) is 1.80. The molecular formula is C7H13O10P. The van der Waals surface area contributed by atoms with Crippen LogP contribution in [0.4, 0.5) is 0 Å². The first kappa shape index (κ1) is 15.5. The lowest BCUT2D eigenvalue weighted by Gasteiger charge is -2.39. The summed E-state index contributed by atoms with van der Waals surface area (Å²) in [5, 5.41) is 37.0. The molecule has 106 valence electrons. The van der Waals surface area contributed by atoms with Crippen LogP contribution in [0.5, 0.6) is 0 Å². The molecular weight excluding hydrogens is 275 g/mol. The van der Waals surface area contributed by atoms with Gasteiger partial charge in [0.05, 0.1) is 12.7 Å². The molecule has 0 saturated carbocycles. The molecule has 0 aromatic rings. The van der Waals surface area contributed by atoms with Gasteiger partial charge in [0.15, 0.2) is 0 Å². The number of rotatable bonds is 4. The SMILES string of the molecule is O=C(O)C1(O)C[C@@H](O)[C@@H](O)[C@@H](COP(=O)(O)O)O1. The maximum atomic E-state index is 10.7. The molecule has 0 aliphatic carbocycles. The smallest absolute Gasteiger partial charge is 0.469 e. The number of phosphoric acid groups is 1. The van der Waals surface area contributed by atoms with E-state index < -0.39 is 50.9 Å². The van der Waals surface area contributed by atoms with Crippen LogP contribution in [0.15, 0.2) is 0 Å². The molecule has 0 aromatic heterocycles. The third-order valence-corrected chi connectivity index (χ3v) is 2.83. The van der Waals surface area contributed by atoms with Gasteiger partial charge in [0.1, 0.15) is 12.2 Å². The highest BCUT2D eigenvalue weighted by atomic mass is 31.2. The van der Waals surface area contributed by atoms with E-state index in [1.165, 1.54) is 0 Å². The maximum Gasteiger partial charge on any atom is 0.469 e. The first-order chi connectivity index (χ1) is 8.05. The molecule has 1 heterocycles. The number of carboxylic acid groups (broad SMARTS) is 1. The molecule has 1 aliphatic rings. The Morgan fingerprint density at radius 2 is 2.00 bits per heavy atom. The Hall–Kier alpha value is -0.580. The van der Waals surface area contributed by atoms with Crippen molar-refractivity contribution >= 4 is 13.8 Å². The highest BCUT2D eigenvalue weighted by Gasteiger charge is 2.50. The van der Waals surface area contributed by atoms with Crippen LogP contribution < -0.4 is 0 Å². The Labute approximate surface area is 101 Å². The molecule has 0 aromatic carbocycles. The van der Waals surface area contributed by atoms with Crippen LogP contribution >= 0.6 is 7.82 Å². The van der Waals surface area contributed by atoms with E-state index in [1.54, 1.807) is 0 Å². The molecule has 4 atom stereocenters. The third-order valence-electron chi connectivity index (χ3n) is 2.35. The number of ether oxygens (including phenoxy) is 1. The molecule has 0 amide bonds. The van der Waals surface area contributed by atoms with E-state index in [4.69, 9.17) is 14.9 Å². The minimum absolute atomic E-state index is 0.782. The molecule has 1 saturated heterocycles. The first-order valence-electron chi connectivity index (χ1n) is 4.75. The molecule has 0 spiro atoms. The van der Waals surface area contributed by atoms with Crippen LogP contribution in [0.2, 0.25) is 0 Å². The van der Waals surface area contributed by atoms with Gasteiger partial charge in [-0.1, -0.05) is 0 Å². The highest BCUT2D eigenvalue weighted by Crippen LogP contribution is 2.37. The molecule has 1 fully saturated rings. The average molecular weight is 288 g/mol. The molecule has 18 heavy (non-hydrogen) atoms. The Morgan fingerprint density at radius 1 is 1.44 bits per heavy atom. The monoisotopic (exact) mass is 288 g/mol. The number of hydrogen-bond acceptors (Lipinski definition) is 7. The number of carboxylic acids is 1. The van der Waals surface area contributed by atoms with Gasteiger partial charge in [-0.2, -0.15) is 0 Å². The van der Waals surface area contributed by atoms with Gasteiger partial charge in [0.25, 0.3) is 5.79 Å². The Morgan fingerprint density at radius 3 is 2.44 bits per heavy atom. The van der Waals surface area contributed by atoms with Crippen molar-refractivity contribution in [2.75, 3.05) is 6.61 Å². The van der Waals surface area contributed by atoms with Crippen LogP contribution in [0.1, 0.15) is 6.42 Å². The molecule has 1 aliphatic heterocycles. The number of aliphatic hydroxyl groups excluding tert-OH is 2. The summed E-state index contributed by atoms with van der Waals surface area (Å²) in [5.41, 5.74) is 0. The molecule has 1 rings (SSSR count). The number of hydrogen-bond donors (Lipinski definition) is 6. The topological polar surface area (TPSA) is 174 Å². The van der Waals surface area contributed by atoms with E-state index in [2.05, 4.69) is 9.26 Å². The van der Waals surface area contributed by atoms with E-state index in [0.29, 0.717) is 0 Å². The molecule has 0 radical (unpaired) electrons. The van der Waals surface area contributed by atoms with Crippen LogP contribution in [-0.2, 0) is 18.6 Å². The van der Waals surface area contributed by atoms with Crippen molar-refractivity contribution in [2.24, 2.45) is 0 Å². The van der Waals surface area contributed by atoms with Crippen LogP contribution in [0.25, 0.3) is 0 Å². The van der Waals surface area contributed by atoms with E-state index in [0.717, 1.165) is 0 Å². The van der Waals surface area contributed by atoms with Crippen molar-refractivity contribution in [3.05, 3.63) is 0 Å². The van der Waals surface area contributed by atoms with Crippen LogP contribution in [0.3, 0.4) is 0 Å². The lowest BCUT2D eigenvalue weighted by Crippen LogP contribution is -2.59. The zero-order chi connectivity index (χ0) is 14.1. The van der Waals surface area contributed by atoms with E-state index in [1.807, 2.05) is 0 Å². The van der Waals surface area contributed by atoms with Crippen molar-refractivity contribution in [2.45, 2.75) is 30.5 Å². The predicted molar refractivity (Wildman–Crippen MR) is 52.1 cm³/mol. The molecule has 0 bridgehead atoms. The van der Waals surface area contributed by atoms with Gasteiger partial charge in [0, 0.05) is 6.42 Å². The highest BCUT2D eigenvalue weighted by molar-refractivity contribution is 7.46. The third kappa shape index (κ3) is 3.70. The number of aliphatic carboxylic acids is 1. The van der Waals surface area contributed by atoms with Crippen molar-refractivity contribution < 1.29 is 48.8 Å². The summed E-state index contributed by atoms with van der Waals surface area (Å²) in [7, 11) is -4.85. The second-order valence-electron chi connectivity index (χ2n) is 3.79. The van der Waals surface area contributed by atoms with Gasteiger partial charge in [-0.3, -0.25) is 4.52 Å². The average Bonchev–Trinajstić information content (AvgIpc) is 2.20. The zero-order valence-corrected chi connectivity index (χ0v) is 9.80. The summed E-state index contributed by atoms with van der Waals surface area (Å²) >= 11 is 0. The largest absolute Gasteiger partial charge is 0.477 e. The Balaban J connectivity index is 2.76. The van der Waals surface area contributed by atoms with Crippen molar-refractivity contribution in [3.63, 3.8) is 0 Å². The van der Waals surface area contributed by atoms with Crippen LogP contribution in [-0.4, -0.2) is 66.9 Å². The van der Waals surface area contributed by atoms with Gasteiger partial charge in [-0.05, 0) is 0 Å². The second kappa shape index (κ2) is 5.19. The maximum absolute atomic E-state index is 10.7. The van der Waals surface area contributed by atoms with Gasteiger partial charge in [0.2, 0.25) is 0 Å². The van der Waals surface area contributed by atoms with E-state index >= 15 is 0 Å². The zero-order valence-electron chi connectivity index (χ0n) is 8.91. The number of aliphatic hydroxyl groups is 3. The first-order valence-corrected chi connectivity index (χ1v) is 6.28. The lowest BCUT2D eigenvalue weighted by atomic mass is 9.96.